The molecule has 0 fully saturated rings. The lowest BCUT2D eigenvalue weighted by molar-refractivity contribution is 0.0600. The summed E-state index contributed by atoms with van der Waals surface area (Å²) >= 11 is 11.6. The van der Waals surface area contributed by atoms with Crippen LogP contribution in [-0.4, -0.2) is 43.8 Å². The molecule has 0 saturated heterocycles. The number of ether oxygens (including phenoxy) is 1. The molecule has 2 aromatic carbocycles. The Morgan fingerprint density at radius 3 is 2.00 bits per heavy atom. The Kier molecular flexibility index (Phi) is 8.43. The molecule has 0 atom stereocenters. The minimum atomic E-state index is -0.386. The average Bonchev–Trinajstić information content (AvgIpc) is 2.71. The Morgan fingerprint density at radius 1 is 0.926 bits per heavy atom. The van der Waals surface area contributed by atoms with Gasteiger partial charge in [0.15, 0.2) is 0 Å². The van der Waals surface area contributed by atoms with Gasteiger partial charge in [-0.1, -0.05) is 12.1 Å². The Bertz CT molecular complexity index is 743. The monoisotopic (exact) mass is 408 g/mol. The van der Waals surface area contributed by atoms with Crippen molar-refractivity contribution in [1.29, 1.82) is 0 Å². The molecule has 27 heavy (non-hydrogen) atoms. The zero-order valence-corrected chi connectivity index (χ0v) is 16.6. The molecule has 0 saturated carbocycles. The number of esters is 1. The van der Waals surface area contributed by atoms with Gasteiger partial charge >= 0.3 is 5.97 Å². The van der Waals surface area contributed by atoms with Gasteiger partial charge < -0.3 is 15.0 Å². The highest BCUT2D eigenvalue weighted by atomic mass is 35.5. The number of nitrogens with one attached hydrogen (secondary N) is 1. The van der Waals surface area contributed by atoms with Crippen molar-refractivity contribution in [3.8, 4) is 0 Å². The van der Waals surface area contributed by atoms with E-state index in [4.69, 9.17) is 23.2 Å². The molecule has 0 radical (unpaired) electrons. The molecule has 1 N–H and O–H groups in total. The summed E-state index contributed by atoms with van der Waals surface area (Å²) in [5, 5.41) is 2.87. The predicted molar refractivity (Wildman–Crippen MR) is 109 cm³/mol. The van der Waals surface area contributed by atoms with Crippen molar-refractivity contribution >= 4 is 40.8 Å². The number of rotatable bonds is 9. The molecule has 0 aliphatic heterocycles. The number of hydrogen-bond acceptors (Lipinski definition) is 4. The molecule has 0 aromatic heterocycles. The van der Waals surface area contributed by atoms with Gasteiger partial charge in [0.2, 0.25) is 0 Å². The largest absolute Gasteiger partial charge is 0.465 e. The summed E-state index contributed by atoms with van der Waals surface area (Å²) in [6.07, 6.45) is 0. The lowest BCUT2D eigenvalue weighted by Crippen LogP contribution is -2.27. The SMILES string of the molecule is COC(=O)c1ccc(CNC(=O)c2ccc(N(CCCl)CCCl)cc2)cc1. The quantitative estimate of drug-likeness (QED) is 0.507. The van der Waals surface area contributed by atoms with Gasteiger partial charge in [0.1, 0.15) is 0 Å². The molecule has 0 heterocycles. The Morgan fingerprint density at radius 2 is 1.48 bits per heavy atom. The number of carbonyl (C=O) groups is 2. The predicted octanol–water partition coefficient (Wildman–Crippen LogP) is 3.69. The standard InChI is InChI=1S/C20H22Cl2N2O3/c1-27-20(26)17-4-2-15(3-5-17)14-23-19(25)16-6-8-18(9-7-16)24(12-10-21)13-11-22/h2-9H,10-14H2,1H3,(H,23,25). The summed E-state index contributed by atoms with van der Waals surface area (Å²) in [6.45, 7) is 1.76. The third-order valence-electron chi connectivity index (χ3n) is 4.03. The molecular weight excluding hydrogens is 387 g/mol. The zero-order valence-electron chi connectivity index (χ0n) is 15.1. The molecule has 2 aromatic rings. The van der Waals surface area contributed by atoms with Crippen LogP contribution >= 0.6 is 23.2 Å². The molecule has 144 valence electrons. The average molecular weight is 409 g/mol. The molecule has 5 nitrogen and oxygen atoms in total. The summed E-state index contributed by atoms with van der Waals surface area (Å²) in [7, 11) is 1.34. The Hall–Kier alpha value is -2.24. The van der Waals surface area contributed by atoms with E-state index < -0.39 is 0 Å². The maximum atomic E-state index is 12.3. The highest BCUT2D eigenvalue weighted by Gasteiger charge is 2.09. The van der Waals surface area contributed by atoms with Crippen molar-refractivity contribution in [2.75, 3.05) is 36.9 Å². The lowest BCUT2D eigenvalue weighted by atomic mass is 10.1. The molecule has 0 aliphatic rings. The van der Waals surface area contributed by atoms with Crippen molar-refractivity contribution in [1.82, 2.24) is 5.32 Å². The van der Waals surface area contributed by atoms with Gasteiger partial charge in [0.25, 0.3) is 5.91 Å². The third kappa shape index (κ3) is 6.15. The number of alkyl halides is 2. The molecule has 1 amide bonds. The fourth-order valence-corrected chi connectivity index (χ4v) is 2.97. The summed E-state index contributed by atoms with van der Waals surface area (Å²) < 4.78 is 4.66. The van der Waals surface area contributed by atoms with E-state index in [1.165, 1.54) is 7.11 Å². The second-order valence-corrected chi connectivity index (χ2v) is 6.54. The van der Waals surface area contributed by atoms with E-state index in [0.717, 1.165) is 11.3 Å². The number of benzene rings is 2. The van der Waals surface area contributed by atoms with Gasteiger partial charge in [0, 0.05) is 42.6 Å². The number of anilines is 1. The van der Waals surface area contributed by atoms with Crippen molar-refractivity contribution < 1.29 is 14.3 Å². The van der Waals surface area contributed by atoms with Gasteiger partial charge in [-0.2, -0.15) is 0 Å². The van der Waals surface area contributed by atoms with E-state index in [1.807, 2.05) is 12.1 Å². The van der Waals surface area contributed by atoms with Crippen molar-refractivity contribution in [3.63, 3.8) is 0 Å². The van der Waals surface area contributed by atoms with Crippen LogP contribution in [-0.2, 0) is 11.3 Å². The Balaban J connectivity index is 1.94. The van der Waals surface area contributed by atoms with E-state index in [9.17, 15) is 9.59 Å². The maximum absolute atomic E-state index is 12.3. The van der Waals surface area contributed by atoms with E-state index >= 15 is 0 Å². The van der Waals surface area contributed by atoms with Crippen LogP contribution < -0.4 is 10.2 Å². The number of halogens is 2. The van der Waals surface area contributed by atoms with Crippen LogP contribution in [0.15, 0.2) is 48.5 Å². The summed E-state index contributed by atoms with van der Waals surface area (Å²) in [5.74, 6) is 0.463. The molecule has 0 aliphatic carbocycles. The molecular formula is C20H22Cl2N2O3. The minimum Gasteiger partial charge on any atom is -0.465 e. The first-order valence-corrected chi connectivity index (χ1v) is 9.58. The first-order valence-electron chi connectivity index (χ1n) is 8.51. The molecule has 7 heteroatoms. The third-order valence-corrected chi connectivity index (χ3v) is 4.37. The van der Waals surface area contributed by atoms with Crippen molar-refractivity contribution in [3.05, 3.63) is 65.2 Å². The molecule has 0 bridgehead atoms. The highest BCUT2D eigenvalue weighted by molar-refractivity contribution is 6.18. The number of amides is 1. The molecule has 0 spiro atoms. The van der Waals surface area contributed by atoms with Crippen molar-refractivity contribution in [2.24, 2.45) is 0 Å². The van der Waals surface area contributed by atoms with Crippen molar-refractivity contribution in [2.45, 2.75) is 6.54 Å². The summed E-state index contributed by atoms with van der Waals surface area (Å²) in [5.41, 5.74) is 2.91. The molecule has 2 rings (SSSR count). The summed E-state index contributed by atoms with van der Waals surface area (Å²) in [6, 6.07) is 14.2. The van der Waals surface area contributed by atoms with Gasteiger partial charge in [-0.15, -0.1) is 23.2 Å². The number of nitrogens with zero attached hydrogens (tertiary/aromatic N) is 1. The first kappa shape index (κ1) is 21.1. The Labute approximate surface area is 169 Å². The normalized spacial score (nSPS) is 10.3. The van der Waals surface area contributed by atoms with E-state index in [1.54, 1.807) is 36.4 Å². The van der Waals surface area contributed by atoms with Crippen LogP contribution in [0, 0.1) is 0 Å². The highest BCUT2D eigenvalue weighted by Crippen LogP contribution is 2.16. The molecule has 0 unspecified atom stereocenters. The number of hydrogen-bond donors (Lipinski definition) is 1. The number of methoxy groups -OCH3 is 1. The van der Waals surface area contributed by atoms with Crippen LogP contribution in [0.5, 0.6) is 0 Å². The van der Waals surface area contributed by atoms with E-state index in [2.05, 4.69) is 15.0 Å². The smallest absolute Gasteiger partial charge is 0.337 e. The van der Waals surface area contributed by atoms with E-state index in [0.29, 0.717) is 42.5 Å². The minimum absolute atomic E-state index is 0.167. The topological polar surface area (TPSA) is 58.6 Å². The van der Waals surface area contributed by atoms with Crippen LogP contribution in [0.2, 0.25) is 0 Å². The fourth-order valence-electron chi connectivity index (χ4n) is 2.56. The fraction of sp³-hybridized carbons (Fsp3) is 0.300. The second kappa shape index (κ2) is 10.8. The maximum Gasteiger partial charge on any atom is 0.337 e. The van der Waals surface area contributed by atoms with Gasteiger partial charge in [-0.3, -0.25) is 4.79 Å². The lowest BCUT2D eigenvalue weighted by Gasteiger charge is -2.22. The zero-order chi connectivity index (χ0) is 19.6. The van der Waals surface area contributed by atoms with Crippen LogP contribution in [0.3, 0.4) is 0 Å². The van der Waals surface area contributed by atoms with Crippen LogP contribution in [0.4, 0.5) is 5.69 Å². The summed E-state index contributed by atoms with van der Waals surface area (Å²) in [4.78, 5) is 25.8. The van der Waals surface area contributed by atoms with E-state index in [-0.39, 0.29) is 11.9 Å². The van der Waals surface area contributed by atoms with Crippen LogP contribution in [0.25, 0.3) is 0 Å². The van der Waals surface area contributed by atoms with Gasteiger partial charge in [-0.25, -0.2) is 4.79 Å². The van der Waals surface area contributed by atoms with Crippen LogP contribution in [0.1, 0.15) is 26.3 Å². The van der Waals surface area contributed by atoms with Gasteiger partial charge in [0.05, 0.1) is 12.7 Å². The second-order valence-electron chi connectivity index (χ2n) is 5.78. The van der Waals surface area contributed by atoms with Gasteiger partial charge in [-0.05, 0) is 42.0 Å². The number of carbonyl (C=O) groups excluding carboxylic acids is 2. The first-order chi connectivity index (χ1) is 13.1.